The standard InChI is InChI=1S/C24H33N5O3S/c1-4-6-16-7-8-18-22-21(23(31)26-9-5-11-27(2)3)17(15-30)19(13-29(18)24(16)32)28(22)14-20-25-10-12-33-20/h4,6-8,10,12,17,19,21-22,30H,5,9,11,13-15H2,1-3H3,(H,26,31)/b6-4-/t17-,19-,21+,22+/m0/s1. The Morgan fingerprint density at radius 2 is 2.21 bits per heavy atom. The predicted molar refractivity (Wildman–Crippen MR) is 130 cm³/mol. The van der Waals surface area contributed by atoms with Gasteiger partial charge in [-0.05, 0) is 46.1 Å². The van der Waals surface area contributed by atoms with E-state index in [1.807, 2.05) is 55.3 Å². The van der Waals surface area contributed by atoms with E-state index >= 15 is 0 Å². The second-order valence-corrected chi connectivity index (χ2v) is 10.0. The van der Waals surface area contributed by atoms with Crippen molar-refractivity contribution in [1.82, 2.24) is 24.7 Å². The molecule has 9 heteroatoms. The Balaban J connectivity index is 1.70. The van der Waals surface area contributed by atoms with Crippen LogP contribution in [0.3, 0.4) is 0 Å². The molecule has 2 aliphatic rings. The van der Waals surface area contributed by atoms with E-state index in [-0.39, 0.29) is 36.1 Å². The summed E-state index contributed by atoms with van der Waals surface area (Å²) in [5, 5.41) is 16.4. The zero-order valence-electron chi connectivity index (χ0n) is 19.5. The summed E-state index contributed by atoms with van der Waals surface area (Å²) in [7, 11) is 4.02. The Kier molecular flexibility index (Phi) is 7.43. The normalized spacial score (nSPS) is 24.5. The number of amides is 1. The second-order valence-electron chi connectivity index (χ2n) is 9.06. The van der Waals surface area contributed by atoms with Crippen LogP contribution in [-0.2, 0) is 17.9 Å². The number of hydrogen-bond donors (Lipinski definition) is 2. The van der Waals surface area contributed by atoms with Crippen molar-refractivity contribution in [2.24, 2.45) is 11.8 Å². The third-order valence-electron chi connectivity index (χ3n) is 6.73. The largest absolute Gasteiger partial charge is 0.396 e. The summed E-state index contributed by atoms with van der Waals surface area (Å²) in [5.41, 5.74) is 1.43. The molecule has 0 aromatic carbocycles. The minimum atomic E-state index is -0.431. The van der Waals surface area contributed by atoms with Gasteiger partial charge in [0.2, 0.25) is 5.91 Å². The smallest absolute Gasteiger partial charge is 0.258 e. The number of carbonyl (C=O) groups is 1. The number of carbonyl (C=O) groups excluding carboxylic acids is 1. The summed E-state index contributed by atoms with van der Waals surface area (Å²) >= 11 is 1.58. The van der Waals surface area contributed by atoms with Crippen molar-refractivity contribution in [1.29, 1.82) is 0 Å². The molecular weight excluding hydrogens is 438 g/mol. The number of aliphatic hydroxyl groups is 1. The van der Waals surface area contributed by atoms with Crippen molar-refractivity contribution >= 4 is 23.3 Å². The summed E-state index contributed by atoms with van der Waals surface area (Å²) in [4.78, 5) is 35.5. The molecular formula is C24H33N5O3S. The Bertz CT molecular complexity index is 1050. The highest BCUT2D eigenvalue weighted by molar-refractivity contribution is 7.09. The average Bonchev–Trinajstić information content (AvgIpc) is 3.37. The summed E-state index contributed by atoms with van der Waals surface area (Å²) in [6.07, 6.45) is 6.31. The fraction of sp³-hybridized carbons (Fsp3) is 0.542. The molecule has 8 nitrogen and oxygen atoms in total. The van der Waals surface area contributed by atoms with Crippen LogP contribution in [0.1, 0.15) is 35.7 Å². The number of thiazole rings is 1. The highest BCUT2D eigenvalue weighted by Gasteiger charge is 2.55. The number of nitrogens with zero attached hydrogens (tertiary/aromatic N) is 4. The van der Waals surface area contributed by atoms with Gasteiger partial charge in [0, 0.05) is 54.5 Å². The second kappa shape index (κ2) is 10.3. The monoisotopic (exact) mass is 471 g/mol. The molecule has 0 spiro atoms. The number of fused-ring (bicyclic) bond motifs is 4. The van der Waals surface area contributed by atoms with Gasteiger partial charge >= 0.3 is 0 Å². The lowest BCUT2D eigenvalue weighted by Gasteiger charge is -2.37. The molecule has 2 aromatic heterocycles. The van der Waals surface area contributed by atoms with Crippen molar-refractivity contribution in [3.8, 4) is 0 Å². The third-order valence-corrected chi connectivity index (χ3v) is 7.50. The van der Waals surface area contributed by atoms with Crippen LogP contribution in [0.4, 0.5) is 0 Å². The number of allylic oxidation sites excluding steroid dienone is 1. The van der Waals surface area contributed by atoms with E-state index in [2.05, 4.69) is 20.1 Å². The van der Waals surface area contributed by atoms with Crippen molar-refractivity contribution in [2.75, 3.05) is 33.8 Å². The summed E-state index contributed by atoms with van der Waals surface area (Å²) in [6, 6.07) is 3.41. The van der Waals surface area contributed by atoms with E-state index in [0.717, 1.165) is 23.7 Å². The molecule has 1 fully saturated rings. The molecule has 178 valence electrons. The molecule has 33 heavy (non-hydrogen) atoms. The van der Waals surface area contributed by atoms with Gasteiger partial charge in [-0.25, -0.2) is 4.98 Å². The highest BCUT2D eigenvalue weighted by Crippen LogP contribution is 2.49. The van der Waals surface area contributed by atoms with Crippen LogP contribution in [0.15, 0.2) is 34.6 Å². The van der Waals surface area contributed by atoms with Gasteiger partial charge in [-0.3, -0.25) is 14.5 Å². The maximum absolute atomic E-state index is 13.4. The first-order valence-electron chi connectivity index (χ1n) is 11.5. The minimum absolute atomic E-state index is 0.0433. The van der Waals surface area contributed by atoms with Crippen molar-refractivity contribution < 1.29 is 9.90 Å². The maximum Gasteiger partial charge on any atom is 0.258 e. The van der Waals surface area contributed by atoms with E-state index in [9.17, 15) is 14.7 Å². The number of aliphatic hydroxyl groups excluding tert-OH is 1. The van der Waals surface area contributed by atoms with E-state index in [1.54, 1.807) is 17.5 Å². The SMILES string of the molecule is C/C=C\c1ccc2n(c1=O)C[C@H]1[C@H](CO)[C@@H](C(=O)NCCCN(C)C)[C@@H]2N1Cc1nccs1. The fourth-order valence-electron chi connectivity index (χ4n) is 5.28. The molecule has 1 saturated heterocycles. The molecule has 0 radical (unpaired) electrons. The number of rotatable bonds is 9. The fourth-order valence-corrected chi connectivity index (χ4v) is 5.90. The summed E-state index contributed by atoms with van der Waals surface area (Å²) in [6.45, 7) is 4.32. The molecule has 0 aliphatic carbocycles. The van der Waals surface area contributed by atoms with Crippen LogP contribution in [0.2, 0.25) is 0 Å². The number of pyridine rings is 1. The lowest BCUT2D eigenvalue weighted by molar-refractivity contribution is -0.127. The first-order chi connectivity index (χ1) is 16.0. The van der Waals surface area contributed by atoms with Crippen LogP contribution in [0, 0.1) is 11.8 Å². The van der Waals surface area contributed by atoms with E-state index in [1.165, 1.54) is 0 Å². The van der Waals surface area contributed by atoms with Crippen LogP contribution in [-0.4, -0.2) is 70.2 Å². The topological polar surface area (TPSA) is 90.7 Å². The van der Waals surface area contributed by atoms with Crippen molar-refractivity contribution in [3.63, 3.8) is 0 Å². The first-order valence-corrected chi connectivity index (χ1v) is 12.4. The van der Waals surface area contributed by atoms with Gasteiger partial charge < -0.3 is 19.9 Å². The number of aromatic nitrogens is 2. The predicted octanol–water partition coefficient (Wildman–Crippen LogP) is 1.57. The molecule has 4 heterocycles. The van der Waals surface area contributed by atoms with Gasteiger partial charge in [0.05, 0.1) is 18.5 Å². The van der Waals surface area contributed by atoms with Gasteiger partial charge in [0.15, 0.2) is 0 Å². The van der Waals surface area contributed by atoms with Gasteiger partial charge in [-0.15, -0.1) is 11.3 Å². The molecule has 2 bridgehead atoms. The lowest BCUT2D eigenvalue weighted by Crippen LogP contribution is -2.46. The zero-order valence-corrected chi connectivity index (χ0v) is 20.3. The van der Waals surface area contributed by atoms with Gasteiger partial charge in [-0.1, -0.05) is 12.2 Å². The Morgan fingerprint density at radius 3 is 2.88 bits per heavy atom. The van der Waals surface area contributed by atoms with Crippen LogP contribution in [0.25, 0.3) is 6.08 Å². The molecule has 2 aromatic rings. The zero-order chi connectivity index (χ0) is 23.5. The quantitative estimate of drug-likeness (QED) is 0.540. The Labute approximate surface area is 198 Å². The molecule has 4 rings (SSSR count). The molecule has 2 N–H and O–H groups in total. The van der Waals surface area contributed by atoms with E-state index in [4.69, 9.17) is 0 Å². The highest BCUT2D eigenvalue weighted by atomic mass is 32.1. The molecule has 2 aliphatic heterocycles. The van der Waals surface area contributed by atoms with Gasteiger partial charge in [-0.2, -0.15) is 0 Å². The first kappa shape index (κ1) is 23.8. The van der Waals surface area contributed by atoms with Gasteiger partial charge in [0.25, 0.3) is 5.56 Å². The average molecular weight is 472 g/mol. The molecule has 0 saturated carbocycles. The number of hydrogen-bond acceptors (Lipinski definition) is 7. The number of nitrogens with one attached hydrogen (secondary N) is 1. The third kappa shape index (κ3) is 4.68. The summed E-state index contributed by atoms with van der Waals surface area (Å²) < 4.78 is 1.81. The van der Waals surface area contributed by atoms with Crippen LogP contribution in [0.5, 0.6) is 0 Å². The molecule has 4 atom stereocenters. The lowest BCUT2D eigenvalue weighted by atomic mass is 9.86. The van der Waals surface area contributed by atoms with E-state index < -0.39 is 5.92 Å². The Morgan fingerprint density at radius 1 is 1.39 bits per heavy atom. The molecule has 1 amide bonds. The van der Waals surface area contributed by atoms with Gasteiger partial charge in [0.1, 0.15) is 5.01 Å². The van der Waals surface area contributed by atoms with E-state index in [0.29, 0.717) is 25.2 Å². The van der Waals surface area contributed by atoms with Crippen molar-refractivity contribution in [3.05, 3.63) is 56.4 Å². The Hall–Kier alpha value is -2.33. The van der Waals surface area contributed by atoms with Crippen LogP contribution < -0.4 is 10.9 Å². The molecule has 0 unspecified atom stereocenters. The maximum atomic E-state index is 13.4. The van der Waals surface area contributed by atoms with Crippen LogP contribution >= 0.6 is 11.3 Å². The summed E-state index contributed by atoms with van der Waals surface area (Å²) in [5.74, 6) is -0.740. The van der Waals surface area contributed by atoms with Crippen molar-refractivity contribution in [2.45, 2.75) is 38.5 Å². The minimum Gasteiger partial charge on any atom is -0.396 e.